The summed E-state index contributed by atoms with van der Waals surface area (Å²) < 4.78 is 39.9. The average Bonchev–Trinajstić information content (AvgIpc) is 2.90. The SMILES string of the molecule is O=Cc1cccc2cnc(-c3cccc(C(F)(F)F)c3)n12. The maximum Gasteiger partial charge on any atom is 0.416 e. The Hall–Kier alpha value is -2.63. The number of hydrogen-bond acceptors (Lipinski definition) is 2. The second-order valence-corrected chi connectivity index (χ2v) is 4.49. The summed E-state index contributed by atoms with van der Waals surface area (Å²) in [6, 6.07) is 9.89. The van der Waals surface area contributed by atoms with Crippen LogP contribution >= 0.6 is 0 Å². The van der Waals surface area contributed by atoms with Gasteiger partial charge in [0, 0.05) is 5.56 Å². The minimum absolute atomic E-state index is 0.304. The number of aldehydes is 1. The molecule has 0 amide bonds. The van der Waals surface area contributed by atoms with Gasteiger partial charge in [-0.3, -0.25) is 9.20 Å². The summed E-state index contributed by atoms with van der Waals surface area (Å²) in [4.78, 5) is 15.2. The van der Waals surface area contributed by atoms with Gasteiger partial charge >= 0.3 is 6.18 Å². The topological polar surface area (TPSA) is 34.4 Å². The Bertz CT molecular complexity index is 821. The van der Waals surface area contributed by atoms with Crippen LogP contribution < -0.4 is 0 Å². The Balaban J connectivity index is 2.24. The van der Waals surface area contributed by atoms with Crippen LogP contribution in [-0.2, 0) is 6.18 Å². The summed E-state index contributed by atoms with van der Waals surface area (Å²) in [7, 11) is 0. The highest BCUT2D eigenvalue weighted by Gasteiger charge is 2.30. The molecular formula is C15H9F3N2O. The number of benzene rings is 1. The Labute approximate surface area is 117 Å². The molecule has 0 atom stereocenters. The van der Waals surface area contributed by atoms with Gasteiger partial charge in [0.15, 0.2) is 6.29 Å². The number of alkyl halides is 3. The van der Waals surface area contributed by atoms with Crippen molar-refractivity contribution in [3.8, 4) is 11.4 Å². The molecule has 0 unspecified atom stereocenters. The molecule has 106 valence electrons. The molecule has 0 saturated heterocycles. The van der Waals surface area contributed by atoms with Crippen LogP contribution in [0.3, 0.4) is 0 Å². The van der Waals surface area contributed by atoms with E-state index in [1.54, 1.807) is 18.2 Å². The average molecular weight is 290 g/mol. The van der Waals surface area contributed by atoms with Crippen molar-refractivity contribution in [3.05, 3.63) is 59.9 Å². The molecule has 6 heteroatoms. The zero-order valence-electron chi connectivity index (χ0n) is 10.6. The largest absolute Gasteiger partial charge is 0.416 e. The van der Waals surface area contributed by atoms with Crippen LogP contribution in [0.25, 0.3) is 16.9 Å². The first-order chi connectivity index (χ1) is 10.0. The monoisotopic (exact) mass is 290 g/mol. The van der Waals surface area contributed by atoms with Gasteiger partial charge in [-0.15, -0.1) is 0 Å². The van der Waals surface area contributed by atoms with Crippen LogP contribution in [-0.4, -0.2) is 15.7 Å². The molecule has 0 saturated carbocycles. The van der Waals surface area contributed by atoms with E-state index in [-0.39, 0.29) is 0 Å². The van der Waals surface area contributed by atoms with Gasteiger partial charge in [0.05, 0.1) is 23.0 Å². The highest BCUT2D eigenvalue weighted by atomic mass is 19.4. The van der Waals surface area contributed by atoms with Crippen molar-refractivity contribution >= 4 is 11.8 Å². The summed E-state index contributed by atoms with van der Waals surface area (Å²) in [5.74, 6) is 0.304. The fraction of sp³-hybridized carbons (Fsp3) is 0.0667. The molecule has 0 aliphatic carbocycles. The fourth-order valence-corrected chi connectivity index (χ4v) is 2.20. The smallest absolute Gasteiger partial charge is 0.296 e. The van der Waals surface area contributed by atoms with Crippen molar-refractivity contribution < 1.29 is 18.0 Å². The lowest BCUT2D eigenvalue weighted by atomic mass is 10.1. The molecule has 21 heavy (non-hydrogen) atoms. The van der Waals surface area contributed by atoms with Gasteiger partial charge in [0.2, 0.25) is 0 Å². The number of hydrogen-bond donors (Lipinski definition) is 0. The summed E-state index contributed by atoms with van der Waals surface area (Å²) >= 11 is 0. The summed E-state index contributed by atoms with van der Waals surface area (Å²) in [5, 5.41) is 0. The van der Waals surface area contributed by atoms with Gasteiger partial charge in [-0.05, 0) is 24.3 Å². The number of carbonyl (C=O) groups is 1. The summed E-state index contributed by atoms with van der Waals surface area (Å²) in [6.07, 6.45) is -2.26. The van der Waals surface area contributed by atoms with E-state index in [1.165, 1.54) is 22.7 Å². The van der Waals surface area contributed by atoms with Gasteiger partial charge < -0.3 is 0 Å². The Morgan fingerprint density at radius 1 is 1.10 bits per heavy atom. The number of imidazole rings is 1. The number of fused-ring (bicyclic) bond motifs is 1. The van der Waals surface area contributed by atoms with Crippen LogP contribution in [0.1, 0.15) is 16.1 Å². The zero-order chi connectivity index (χ0) is 15.0. The van der Waals surface area contributed by atoms with Crippen LogP contribution in [0.5, 0.6) is 0 Å². The number of pyridine rings is 1. The van der Waals surface area contributed by atoms with Gasteiger partial charge in [-0.2, -0.15) is 13.2 Å². The number of aromatic nitrogens is 2. The molecule has 3 aromatic rings. The standard InChI is InChI=1S/C15H9F3N2O/c16-15(17,18)11-4-1-3-10(7-11)14-19-8-12-5-2-6-13(9-21)20(12)14/h1-9H. The van der Waals surface area contributed by atoms with E-state index in [0.717, 1.165) is 12.1 Å². The highest BCUT2D eigenvalue weighted by Crippen LogP contribution is 2.32. The summed E-state index contributed by atoms with van der Waals surface area (Å²) in [6.45, 7) is 0. The molecule has 0 N–H and O–H groups in total. The van der Waals surface area contributed by atoms with Crippen LogP contribution in [0.4, 0.5) is 13.2 Å². The van der Waals surface area contributed by atoms with E-state index in [1.807, 2.05) is 0 Å². The van der Waals surface area contributed by atoms with Crippen LogP contribution in [0, 0.1) is 0 Å². The minimum Gasteiger partial charge on any atom is -0.296 e. The van der Waals surface area contributed by atoms with Crippen LogP contribution in [0.2, 0.25) is 0 Å². The Kier molecular flexibility index (Phi) is 3.01. The second kappa shape index (κ2) is 4.73. The zero-order valence-corrected chi connectivity index (χ0v) is 10.6. The van der Waals surface area contributed by atoms with Crippen molar-refractivity contribution in [2.75, 3.05) is 0 Å². The normalized spacial score (nSPS) is 11.8. The van der Waals surface area contributed by atoms with E-state index in [0.29, 0.717) is 28.9 Å². The lowest BCUT2D eigenvalue weighted by molar-refractivity contribution is -0.137. The van der Waals surface area contributed by atoms with Crippen molar-refractivity contribution in [2.24, 2.45) is 0 Å². The van der Waals surface area contributed by atoms with Crippen molar-refractivity contribution in [3.63, 3.8) is 0 Å². The Morgan fingerprint density at radius 3 is 2.57 bits per heavy atom. The molecule has 3 nitrogen and oxygen atoms in total. The molecule has 0 fully saturated rings. The fourth-order valence-electron chi connectivity index (χ4n) is 2.20. The van der Waals surface area contributed by atoms with E-state index in [2.05, 4.69) is 4.98 Å². The first-order valence-corrected chi connectivity index (χ1v) is 6.10. The Morgan fingerprint density at radius 2 is 1.86 bits per heavy atom. The van der Waals surface area contributed by atoms with Gasteiger partial charge in [0.1, 0.15) is 5.82 Å². The lowest BCUT2D eigenvalue weighted by Gasteiger charge is -2.09. The first-order valence-electron chi connectivity index (χ1n) is 6.10. The molecular weight excluding hydrogens is 281 g/mol. The highest BCUT2D eigenvalue weighted by molar-refractivity contribution is 5.77. The third-order valence-corrected chi connectivity index (χ3v) is 3.15. The minimum atomic E-state index is -4.42. The van der Waals surface area contributed by atoms with Gasteiger partial charge in [-0.1, -0.05) is 18.2 Å². The molecule has 0 aliphatic heterocycles. The molecule has 3 rings (SSSR count). The van der Waals surface area contributed by atoms with E-state index in [9.17, 15) is 18.0 Å². The molecule has 1 aromatic carbocycles. The molecule has 0 bridgehead atoms. The number of nitrogens with zero attached hydrogens (tertiary/aromatic N) is 2. The quantitative estimate of drug-likeness (QED) is 0.672. The third-order valence-electron chi connectivity index (χ3n) is 3.15. The third kappa shape index (κ3) is 2.29. The molecule has 0 spiro atoms. The number of halogens is 3. The summed E-state index contributed by atoms with van der Waals surface area (Å²) in [5.41, 5.74) is 0.531. The van der Waals surface area contributed by atoms with Gasteiger partial charge in [-0.25, -0.2) is 4.98 Å². The van der Waals surface area contributed by atoms with E-state index < -0.39 is 11.7 Å². The maximum absolute atomic E-state index is 12.8. The van der Waals surface area contributed by atoms with Crippen molar-refractivity contribution in [2.45, 2.75) is 6.18 Å². The number of rotatable bonds is 2. The van der Waals surface area contributed by atoms with Crippen LogP contribution in [0.15, 0.2) is 48.7 Å². The predicted molar refractivity (Wildman–Crippen MR) is 71.0 cm³/mol. The predicted octanol–water partition coefficient (Wildman–Crippen LogP) is 3.83. The number of carbonyl (C=O) groups excluding carboxylic acids is 1. The molecule has 0 aliphatic rings. The van der Waals surface area contributed by atoms with E-state index in [4.69, 9.17) is 0 Å². The lowest BCUT2D eigenvalue weighted by Crippen LogP contribution is -2.05. The first kappa shape index (κ1) is 13.4. The van der Waals surface area contributed by atoms with E-state index >= 15 is 0 Å². The maximum atomic E-state index is 12.8. The van der Waals surface area contributed by atoms with Crippen molar-refractivity contribution in [1.82, 2.24) is 9.38 Å². The molecule has 2 heterocycles. The second-order valence-electron chi connectivity index (χ2n) is 4.49. The molecule has 0 radical (unpaired) electrons. The van der Waals surface area contributed by atoms with Gasteiger partial charge in [0.25, 0.3) is 0 Å². The van der Waals surface area contributed by atoms with Crippen molar-refractivity contribution in [1.29, 1.82) is 0 Å². The molecule has 2 aromatic heterocycles.